The van der Waals surface area contributed by atoms with Crippen LogP contribution in [0.1, 0.15) is 25.3 Å². The molecular weight excluding hydrogens is 294 g/mol. The van der Waals surface area contributed by atoms with E-state index in [9.17, 15) is 14.7 Å². The molecule has 2 heterocycles. The van der Waals surface area contributed by atoms with Crippen LogP contribution in [-0.4, -0.2) is 40.1 Å². The number of likely N-dealkylation sites (tertiary alicyclic amines) is 1. The van der Waals surface area contributed by atoms with E-state index in [4.69, 9.17) is 16.3 Å². The van der Waals surface area contributed by atoms with Crippen molar-refractivity contribution in [1.29, 1.82) is 0 Å². The summed E-state index contributed by atoms with van der Waals surface area (Å²) < 4.78 is 5.67. The van der Waals surface area contributed by atoms with E-state index in [2.05, 4.69) is 0 Å². The highest BCUT2D eigenvalue weighted by Crippen LogP contribution is 2.35. The van der Waals surface area contributed by atoms with Crippen LogP contribution in [0.5, 0.6) is 5.75 Å². The third kappa shape index (κ3) is 2.25. The van der Waals surface area contributed by atoms with E-state index in [-0.39, 0.29) is 5.91 Å². The fourth-order valence-corrected chi connectivity index (χ4v) is 3.26. The highest BCUT2D eigenvalue weighted by Gasteiger charge is 2.48. The summed E-state index contributed by atoms with van der Waals surface area (Å²) in [7, 11) is 0. The summed E-state index contributed by atoms with van der Waals surface area (Å²) in [6.45, 7) is 2.05. The molecule has 1 saturated heterocycles. The van der Waals surface area contributed by atoms with Crippen molar-refractivity contribution in [3.63, 3.8) is 0 Å². The summed E-state index contributed by atoms with van der Waals surface area (Å²) in [5.74, 6) is -0.578. The Balaban J connectivity index is 1.80. The third-order valence-corrected chi connectivity index (χ3v) is 4.58. The molecule has 0 aromatic heterocycles. The minimum atomic E-state index is -1.13. The Hall–Kier alpha value is -1.75. The molecule has 5 nitrogen and oxygen atoms in total. The van der Waals surface area contributed by atoms with Gasteiger partial charge in [-0.1, -0.05) is 11.6 Å². The monoisotopic (exact) mass is 309 g/mol. The number of carbonyl (C=O) groups is 2. The summed E-state index contributed by atoms with van der Waals surface area (Å²) >= 11 is 5.94. The number of halogens is 1. The van der Waals surface area contributed by atoms with Gasteiger partial charge in [-0.25, -0.2) is 4.79 Å². The van der Waals surface area contributed by atoms with Crippen molar-refractivity contribution in [2.75, 3.05) is 6.54 Å². The standard InChI is InChI=1S/C15H16ClNO4/c1-15(14(19)20)5-2-6-17(15)13(18)12-8-9-7-10(16)3-4-11(9)21-12/h3-4,7,12H,2,5-6,8H2,1H3,(H,19,20). The minimum absolute atomic E-state index is 0.260. The molecule has 2 atom stereocenters. The number of nitrogens with zero attached hydrogens (tertiary/aromatic N) is 1. The lowest BCUT2D eigenvalue weighted by Crippen LogP contribution is -2.54. The van der Waals surface area contributed by atoms with Crippen molar-refractivity contribution >= 4 is 23.5 Å². The highest BCUT2D eigenvalue weighted by molar-refractivity contribution is 6.30. The van der Waals surface area contributed by atoms with Gasteiger partial charge in [0.1, 0.15) is 11.3 Å². The molecule has 0 radical (unpaired) electrons. The predicted octanol–water partition coefficient (Wildman–Crippen LogP) is 2.11. The molecule has 1 aromatic carbocycles. The van der Waals surface area contributed by atoms with Crippen LogP contribution in [0.4, 0.5) is 0 Å². The number of carbonyl (C=O) groups excluding carboxylic acids is 1. The summed E-state index contributed by atoms with van der Waals surface area (Å²) in [5.41, 5.74) is -0.246. The second-order valence-electron chi connectivity index (χ2n) is 5.74. The number of fused-ring (bicyclic) bond motifs is 1. The molecule has 2 aliphatic heterocycles. The van der Waals surface area contributed by atoms with Crippen molar-refractivity contribution in [3.05, 3.63) is 28.8 Å². The molecule has 1 aromatic rings. The fourth-order valence-electron chi connectivity index (χ4n) is 3.07. The molecule has 1 N–H and O–H groups in total. The lowest BCUT2D eigenvalue weighted by atomic mass is 9.98. The summed E-state index contributed by atoms with van der Waals surface area (Å²) in [6, 6.07) is 5.24. The maximum absolute atomic E-state index is 12.6. The first-order valence-electron chi connectivity index (χ1n) is 6.92. The van der Waals surface area contributed by atoms with Gasteiger partial charge < -0.3 is 14.7 Å². The number of ether oxygens (including phenoxy) is 1. The van der Waals surface area contributed by atoms with E-state index in [0.717, 1.165) is 5.56 Å². The largest absolute Gasteiger partial charge is 0.480 e. The molecule has 0 aliphatic carbocycles. The van der Waals surface area contributed by atoms with Crippen molar-refractivity contribution in [3.8, 4) is 5.75 Å². The lowest BCUT2D eigenvalue weighted by Gasteiger charge is -2.32. The van der Waals surface area contributed by atoms with Gasteiger partial charge in [0, 0.05) is 18.0 Å². The van der Waals surface area contributed by atoms with Gasteiger partial charge in [-0.15, -0.1) is 0 Å². The molecule has 1 amide bonds. The topological polar surface area (TPSA) is 66.8 Å². The normalized spacial score (nSPS) is 27.3. The van der Waals surface area contributed by atoms with Crippen molar-refractivity contribution < 1.29 is 19.4 Å². The van der Waals surface area contributed by atoms with E-state index < -0.39 is 17.6 Å². The van der Waals surface area contributed by atoms with Crippen LogP contribution in [0, 0.1) is 0 Å². The minimum Gasteiger partial charge on any atom is -0.480 e. The molecule has 112 valence electrons. The number of carboxylic acids is 1. The molecule has 0 spiro atoms. The first-order valence-corrected chi connectivity index (χ1v) is 7.29. The van der Waals surface area contributed by atoms with Crippen LogP contribution in [0.2, 0.25) is 5.02 Å². The number of rotatable bonds is 2. The van der Waals surface area contributed by atoms with Crippen LogP contribution in [0.25, 0.3) is 0 Å². The van der Waals surface area contributed by atoms with E-state index in [1.807, 2.05) is 0 Å². The Morgan fingerprint density at radius 1 is 1.48 bits per heavy atom. The highest BCUT2D eigenvalue weighted by atomic mass is 35.5. The Morgan fingerprint density at radius 3 is 2.95 bits per heavy atom. The molecule has 3 rings (SSSR count). The van der Waals surface area contributed by atoms with Gasteiger partial charge in [0.05, 0.1) is 0 Å². The SMILES string of the molecule is CC1(C(=O)O)CCCN1C(=O)C1Cc2cc(Cl)ccc2O1. The van der Waals surface area contributed by atoms with Crippen molar-refractivity contribution in [2.45, 2.75) is 37.8 Å². The number of hydrogen-bond acceptors (Lipinski definition) is 3. The molecular formula is C15H16ClNO4. The number of carboxylic acid groups (broad SMARTS) is 1. The first kappa shape index (κ1) is 14.2. The number of amides is 1. The van der Waals surface area contributed by atoms with Crippen LogP contribution in [0.15, 0.2) is 18.2 Å². The van der Waals surface area contributed by atoms with Crippen LogP contribution in [-0.2, 0) is 16.0 Å². The van der Waals surface area contributed by atoms with Crippen LogP contribution < -0.4 is 4.74 Å². The molecule has 2 aliphatic rings. The average Bonchev–Trinajstić information content (AvgIpc) is 3.01. The quantitative estimate of drug-likeness (QED) is 0.908. The van der Waals surface area contributed by atoms with Crippen LogP contribution >= 0.6 is 11.6 Å². The zero-order valence-corrected chi connectivity index (χ0v) is 12.4. The molecule has 6 heteroatoms. The smallest absolute Gasteiger partial charge is 0.329 e. The Kier molecular flexibility index (Phi) is 3.32. The predicted molar refractivity (Wildman–Crippen MR) is 76.6 cm³/mol. The van der Waals surface area contributed by atoms with E-state index in [1.165, 1.54) is 4.90 Å². The van der Waals surface area contributed by atoms with Gasteiger partial charge in [0.25, 0.3) is 5.91 Å². The van der Waals surface area contributed by atoms with Gasteiger partial charge in [-0.05, 0) is 43.5 Å². The molecule has 0 saturated carbocycles. The zero-order chi connectivity index (χ0) is 15.2. The second-order valence-corrected chi connectivity index (χ2v) is 6.17. The van der Waals surface area contributed by atoms with E-state index in [0.29, 0.717) is 36.6 Å². The van der Waals surface area contributed by atoms with Crippen molar-refractivity contribution in [2.24, 2.45) is 0 Å². The fraction of sp³-hybridized carbons (Fsp3) is 0.467. The molecule has 0 bridgehead atoms. The Morgan fingerprint density at radius 2 is 2.24 bits per heavy atom. The summed E-state index contributed by atoms with van der Waals surface area (Å²) in [6.07, 6.45) is 0.941. The second kappa shape index (κ2) is 4.91. The van der Waals surface area contributed by atoms with Crippen LogP contribution in [0.3, 0.4) is 0 Å². The molecule has 1 fully saturated rings. The maximum Gasteiger partial charge on any atom is 0.329 e. The number of hydrogen-bond donors (Lipinski definition) is 1. The Labute approximate surface area is 127 Å². The molecule has 21 heavy (non-hydrogen) atoms. The zero-order valence-electron chi connectivity index (χ0n) is 11.6. The average molecular weight is 310 g/mol. The van der Waals surface area contributed by atoms with Gasteiger partial charge in [0.15, 0.2) is 6.10 Å². The van der Waals surface area contributed by atoms with Gasteiger partial charge >= 0.3 is 5.97 Å². The van der Waals surface area contributed by atoms with E-state index in [1.54, 1.807) is 25.1 Å². The maximum atomic E-state index is 12.6. The molecule has 2 unspecified atom stereocenters. The number of benzene rings is 1. The van der Waals surface area contributed by atoms with Crippen molar-refractivity contribution in [1.82, 2.24) is 4.90 Å². The van der Waals surface area contributed by atoms with E-state index >= 15 is 0 Å². The summed E-state index contributed by atoms with van der Waals surface area (Å²) in [4.78, 5) is 25.5. The third-order valence-electron chi connectivity index (χ3n) is 4.34. The Bertz CT molecular complexity index is 618. The van der Waals surface area contributed by atoms with Gasteiger partial charge in [-0.2, -0.15) is 0 Å². The van der Waals surface area contributed by atoms with Gasteiger partial charge in [0.2, 0.25) is 0 Å². The number of aliphatic carboxylic acids is 1. The lowest BCUT2D eigenvalue weighted by molar-refractivity contribution is -0.157. The summed E-state index contributed by atoms with van der Waals surface area (Å²) in [5, 5.41) is 9.99. The van der Waals surface area contributed by atoms with Gasteiger partial charge in [-0.3, -0.25) is 4.79 Å². The first-order chi connectivity index (χ1) is 9.91.